The van der Waals surface area contributed by atoms with Crippen LogP contribution in [-0.2, 0) is 6.42 Å². The van der Waals surface area contributed by atoms with Gasteiger partial charge in [0.15, 0.2) is 0 Å². The molecule has 2 aromatic carbocycles. The highest BCUT2D eigenvalue weighted by Crippen LogP contribution is 2.42. The lowest BCUT2D eigenvalue weighted by molar-refractivity contribution is 0.508. The van der Waals surface area contributed by atoms with Crippen LogP contribution in [0.5, 0.6) is 0 Å². The van der Waals surface area contributed by atoms with Gasteiger partial charge < -0.3 is 0 Å². The first kappa shape index (κ1) is 12.7. The third kappa shape index (κ3) is 2.14. The monoisotopic (exact) mass is 366 g/mol. The highest BCUT2D eigenvalue weighted by Gasteiger charge is 2.22. The van der Waals surface area contributed by atoms with E-state index in [0.717, 1.165) is 5.92 Å². The van der Waals surface area contributed by atoms with Gasteiger partial charge in [-0.2, -0.15) is 0 Å². The fourth-order valence-corrected chi connectivity index (χ4v) is 4.60. The Hall–Kier alpha value is -0.340. The zero-order valence-corrected chi connectivity index (χ0v) is 13.6. The molecule has 0 saturated carbocycles. The van der Waals surface area contributed by atoms with Gasteiger partial charge in [0.2, 0.25) is 0 Å². The van der Waals surface area contributed by atoms with E-state index in [1.54, 1.807) is 5.56 Å². The maximum atomic E-state index is 3.88. The summed E-state index contributed by atoms with van der Waals surface area (Å²) in [5.41, 5.74) is 3.02. The van der Waals surface area contributed by atoms with Crippen LogP contribution in [0.25, 0.3) is 10.8 Å². The third-order valence-corrected chi connectivity index (χ3v) is 5.50. The summed E-state index contributed by atoms with van der Waals surface area (Å²) in [6.45, 7) is 2.36. The Kier molecular flexibility index (Phi) is 3.50. The molecule has 0 aliphatic heterocycles. The summed E-state index contributed by atoms with van der Waals surface area (Å²) in [5, 5.41) is 2.76. The van der Waals surface area contributed by atoms with Crippen LogP contribution in [-0.4, -0.2) is 0 Å². The molecule has 2 aromatic rings. The van der Waals surface area contributed by atoms with E-state index in [1.165, 1.54) is 40.1 Å². The van der Waals surface area contributed by atoms with E-state index >= 15 is 0 Å². The molecule has 0 saturated heterocycles. The van der Waals surface area contributed by atoms with Crippen LogP contribution in [0.3, 0.4) is 0 Å². The van der Waals surface area contributed by atoms with E-state index in [2.05, 4.69) is 69.1 Å². The minimum Gasteiger partial charge on any atom is -0.0839 e. The van der Waals surface area contributed by atoms with Crippen molar-refractivity contribution in [2.24, 2.45) is 5.92 Å². The lowest BCUT2D eigenvalue weighted by atomic mass is 9.96. The minimum atomic E-state index is 0.492. The summed E-state index contributed by atoms with van der Waals surface area (Å²) in [6, 6.07) is 11.0. The van der Waals surface area contributed by atoms with Gasteiger partial charge in [0, 0.05) is 9.30 Å². The van der Waals surface area contributed by atoms with Crippen molar-refractivity contribution >= 4 is 42.6 Å². The molecule has 0 amide bonds. The molecular formula is C16H16Br2. The van der Waals surface area contributed by atoms with Gasteiger partial charge in [-0.3, -0.25) is 0 Å². The van der Waals surface area contributed by atoms with Crippen molar-refractivity contribution < 1.29 is 0 Å². The number of hydrogen-bond acceptors (Lipinski definition) is 0. The number of rotatable bonds is 0. The molecule has 18 heavy (non-hydrogen) atoms. The highest BCUT2D eigenvalue weighted by atomic mass is 79.9. The molecule has 0 radical (unpaired) electrons. The molecule has 3 rings (SSSR count). The van der Waals surface area contributed by atoms with E-state index in [4.69, 9.17) is 0 Å². The molecule has 0 bridgehead atoms. The molecule has 0 spiro atoms. The fraction of sp³-hybridized carbons (Fsp3) is 0.375. The van der Waals surface area contributed by atoms with Gasteiger partial charge in [0.25, 0.3) is 0 Å². The minimum absolute atomic E-state index is 0.492. The Morgan fingerprint density at radius 2 is 1.89 bits per heavy atom. The van der Waals surface area contributed by atoms with Gasteiger partial charge in [-0.05, 0) is 53.1 Å². The number of fused-ring (bicyclic) bond motifs is 3. The topological polar surface area (TPSA) is 0 Å². The van der Waals surface area contributed by atoms with Gasteiger partial charge in [-0.25, -0.2) is 0 Å². The van der Waals surface area contributed by atoms with Gasteiger partial charge >= 0.3 is 0 Å². The number of benzene rings is 2. The standard InChI is InChI=1S/C16H16Br2/c1-10-6-7-12-11-4-2-3-5-13(11)16(18)9-14(12)15(17)8-10/h2-5,9-10,15H,6-8H2,1H3. The van der Waals surface area contributed by atoms with E-state index in [1.807, 2.05) is 0 Å². The second kappa shape index (κ2) is 4.97. The van der Waals surface area contributed by atoms with Gasteiger partial charge in [-0.15, -0.1) is 0 Å². The second-order valence-corrected chi connectivity index (χ2v) is 7.28. The molecule has 2 unspecified atom stereocenters. The van der Waals surface area contributed by atoms with E-state index < -0.39 is 0 Å². The van der Waals surface area contributed by atoms with Crippen molar-refractivity contribution in [1.82, 2.24) is 0 Å². The first-order chi connectivity index (χ1) is 8.66. The van der Waals surface area contributed by atoms with E-state index in [0.29, 0.717) is 4.83 Å². The molecule has 0 nitrogen and oxygen atoms in total. The largest absolute Gasteiger partial charge is 0.0839 e. The Morgan fingerprint density at radius 3 is 2.67 bits per heavy atom. The van der Waals surface area contributed by atoms with Crippen LogP contribution < -0.4 is 0 Å². The van der Waals surface area contributed by atoms with Crippen LogP contribution in [0, 0.1) is 5.92 Å². The van der Waals surface area contributed by atoms with Crippen LogP contribution in [0.2, 0.25) is 0 Å². The number of aryl methyl sites for hydroxylation is 1. The van der Waals surface area contributed by atoms with Crippen LogP contribution in [0.15, 0.2) is 34.8 Å². The second-order valence-electron chi connectivity index (χ2n) is 5.32. The summed E-state index contributed by atoms with van der Waals surface area (Å²) in [7, 11) is 0. The lowest BCUT2D eigenvalue weighted by Gasteiger charge is -2.15. The van der Waals surface area contributed by atoms with Crippen molar-refractivity contribution in [2.45, 2.75) is 31.0 Å². The smallest absolute Gasteiger partial charge is 0.0401 e. The normalized spacial score (nSPS) is 23.7. The zero-order valence-electron chi connectivity index (χ0n) is 10.4. The van der Waals surface area contributed by atoms with Crippen molar-refractivity contribution in [3.05, 3.63) is 45.9 Å². The Bertz CT molecular complexity index is 589. The number of alkyl halides is 1. The maximum absolute atomic E-state index is 3.88. The first-order valence-corrected chi connectivity index (χ1v) is 8.21. The number of halogens is 2. The summed E-state index contributed by atoms with van der Waals surface area (Å²) < 4.78 is 1.22. The highest BCUT2D eigenvalue weighted by molar-refractivity contribution is 9.10. The first-order valence-electron chi connectivity index (χ1n) is 6.51. The van der Waals surface area contributed by atoms with Crippen LogP contribution in [0.1, 0.15) is 35.7 Å². The van der Waals surface area contributed by atoms with E-state index in [9.17, 15) is 0 Å². The molecule has 1 aliphatic carbocycles. The summed E-state index contributed by atoms with van der Waals surface area (Å²) in [5.74, 6) is 0.791. The van der Waals surface area contributed by atoms with Gasteiger partial charge in [0.05, 0.1) is 0 Å². The molecular weight excluding hydrogens is 352 g/mol. The predicted octanol–water partition coefficient (Wildman–Crippen LogP) is 6.01. The Morgan fingerprint density at radius 1 is 1.17 bits per heavy atom. The average Bonchev–Trinajstić information content (AvgIpc) is 2.50. The SMILES string of the molecule is CC1CCc2c(cc(Br)c3ccccc23)C(Br)C1. The average molecular weight is 368 g/mol. The quantitative estimate of drug-likeness (QED) is 0.395. The molecule has 0 heterocycles. The molecule has 0 aromatic heterocycles. The predicted molar refractivity (Wildman–Crippen MR) is 85.4 cm³/mol. The molecule has 0 N–H and O–H groups in total. The Balaban J connectivity index is 2.28. The summed E-state index contributed by atoms with van der Waals surface area (Å²) in [4.78, 5) is 0.492. The lowest BCUT2D eigenvalue weighted by Crippen LogP contribution is -1.96. The third-order valence-electron chi connectivity index (χ3n) is 3.97. The van der Waals surface area contributed by atoms with Crippen molar-refractivity contribution in [3.63, 3.8) is 0 Å². The van der Waals surface area contributed by atoms with Gasteiger partial charge in [-0.1, -0.05) is 63.0 Å². The molecule has 1 aliphatic rings. The number of hydrogen-bond donors (Lipinski definition) is 0. The van der Waals surface area contributed by atoms with E-state index in [-0.39, 0.29) is 0 Å². The van der Waals surface area contributed by atoms with Crippen molar-refractivity contribution in [1.29, 1.82) is 0 Å². The van der Waals surface area contributed by atoms with Crippen molar-refractivity contribution in [2.75, 3.05) is 0 Å². The molecule has 0 fully saturated rings. The zero-order chi connectivity index (χ0) is 12.7. The fourth-order valence-electron chi connectivity index (χ4n) is 2.96. The maximum Gasteiger partial charge on any atom is 0.0401 e. The summed E-state index contributed by atoms with van der Waals surface area (Å²) in [6.07, 6.45) is 3.73. The van der Waals surface area contributed by atoms with Crippen LogP contribution >= 0.6 is 31.9 Å². The molecule has 94 valence electrons. The molecule has 2 atom stereocenters. The van der Waals surface area contributed by atoms with Crippen LogP contribution in [0.4, 0.5) is 0 Å². The molecule has 2 heteroatoms. The Labute approximate surface area is 125 Å². The summed E-state index contributed by atoms with van der Waals surface area (Å²) >= 11 is 7.60. The van der Waals surface area contributed by atoms with Gasteiger partial charge in [0.1, 0.15) is 0 Å². The van der Waals surface area contributed by atoms with Crippen molar-refractivity contribution in [3.8, 4) is 0 Å².